The Morgan fingerprint density at radius 3 is 2.86 bits per heavy atom. The summed E-state index contributed by atoms with van der Waals surface area (Å²) in [6.45, 7) is 6.40. The van der Waals surface area contributed by atoms with Crippen molar-refractivity contribution in [1.29, 1.82) is 0 Å². The molecular weight excluding hydrogens is 260 g/mol. The van der Waals surface area contributed by atoms with Crippen LogP contribution in [0.1, 0.15) is 50.3 Å². The van der Waals surface area contributed by atoms with Crippen molar-refractivity contribution in [2.75, 3.05) is 6.54 Å². The summed E-state index contributed by atoms with van der Waals surface area (Å²) in [5.74, 6) is 0. The standard InChI is InChI=1S/C17H26N4/c1-3-9-19-17(8-7-15-6-5-10-18-12-15)16-13-20-21(14-16)11-4-2/h5-6,10,12-14,17,19H,3-4,7-9,11H2,1-2H3. The highest BCUT2D eigenvalue weighted by Gasteiger charge is 2.13. The van der Waals surface area contributed by atoms with Gasteiger partial charge in [-0.2, -0.15) is 5.10 Å². The zero-order valence-corrected chi connectivity index (χ0v) is 13.1. The quantitative estimate of drug-likeness (QED) is 0.768. The van der Waals surface area contributed by atoms with E-state index < -0.39 is 0 Å². The van der Waals surface area contributed by atoms with E-state index in [-0.39, 0.29) is 0 Å². The first-order valence-corrected chi connectivity index (χ1v) is 7.98. The van der Waals surface area contributed by atoms with Crippen LogP contribution >= 0.6 is 0 Å². The third-order valence-electron chi connectivity index (χ3n) is 3.59. The molecule has 0 aromatic carbocycles. The van der Waals surface area contributed by atoms with Crippen molar-refractivity contribution < 1.29 is 0 Å². The van der Waals surface area contributed by atoms with Crippen molar-refractivity contribution in [2.24, 2.45) is 0 Å². The van der Waals surface area contributed by atoms with E-state index >= 15 is 0 Å². The Bertz CT molecular complexity index is 507. The Labute approximate surface area is 127 Å². The molecule has 2 aromatic heterocycles. The van der Waals surface area contributed by atoms with Gasteiger partial charge in [-0.15, -0.1) is 0 Å². The highest BCUT2D eigenvalue weighted by Crippen LogP contribution is 2.19. The summed E-state index contributed by atoms with van der Waals surface area (Å²) in [5.41, 5.74) is 2.59. The molecule has 2 heterocycles. The van der Waals surface area contributed by atoms with Gasteiger partial charge in [0.15, 0.2) is 0 Å². The molecule has 0 spiro atoms. The minimum absolute atomic E-state index is 0.371. The number of pyridine rings is 1. The molecule has 2 aromatic rings. The average Bonchev–Trinajstić information content (AvgIpc) is 2.97. The molecule has 114 valence electrons. The summed E-state index contributed by atoms with van der Waals surface area (Å²) in [5, 5.41) is 8.09. The fourth-order valence-corrected chi connectivity index (χ4v) is 2.47. The van der Waals surface area contributed by atoms with Crippen molar-refractivity contribution in [2.45, 2.75) is 52.1 Å². The first-order chi connectivity index (χ1) is 10.3. The van der Waals surface area contributed by atoms with Gasteiger partial charge in [0.2, 0.25) is 0 Å². The Morgan fingerprint density at radius 2 is 2.14 bits per heavy atom. The summed E-state index contributed by atoms with van der Waals surface area (Å²) in [6, 6.07) is 4.52. The summed E-state index contributed by atoms with van der Waals surface area (Å²) in [4.78, 5) is 4.19. The molecular formula is C17H26N4. The minimum Gasteiger partial charge on any atom is -0.310 e. The third kappa shape index (κ3) is 4.97. The number of rotatable bonds is 9. The first kappa shape index (κ1) is 15.7. The Kier molecular flexibility index (Phi) is 6.41. The second-order valence-electron chi connectivity index (χ2n) is 5.44. The highest BCUT2D eigenvalue weighted by atomic mass is 15.3. The van der Waals surface area contributed by atoms with Crippen LogP contribution in [0.15, 0.2) is 36.9 Å². The molecule has 21 heavy (non-hydrogen) atoms. The van der Waals surface area contributed by atoms with Crippen molar-refractivity contribution in [3.8, 4) is 0 Å². The fourth-order valence-electron chi connectivity index (χ4n) is 2.47. The topological polar surface area (TPSA) is 42.7 Å². The van der Waals surface area contributed by atoms with Crippen molar-refractivity contribution >= 4 is 0 Å². The third-order valence-corrected chi connectivity index (χ3v) is 3.59. The van der Waals surface area contributed by atoms with Gasteiger partial charge >= 0.3 is 0 Å². The second-order valence-corrected chi connectivity index (χ2v) is 5.44. The predicted molar refractivity (Wildman–Crippen MR) is 86.1 cm³/mol. The number of hydrogen-bond donors (Lipinski definition) is 1. The largest absolute Gasteiger partial charge is 0.310 e. The molecule has 1 unspecified atom stereocenters. The van der Waals surface area contributed by atoms with Gasteiger partial charge in [-0.1, -0.05) is 19.9 Å². The molecule has 0 saturated heterocycles. The Morgan fingerprint density at radius 1 is 1.24 bits per heavy atom. The van der Waals surface area contributed by atoms with Gasteiger partial charge in [0, 0.05) is 36.7 Å². The van der Waals surface area contributed by atoms with Crippen LogP contribution in [0.5, 0.6) is 0 Å². The molecule has 0 fully saturated rings. The van der Waals surface area contributed by atoms with Crippen molar-refractivity contribution in [3.63, 3.8) is 0 Å². The van der Waals surface area contributed by atoms with Gasteiger partial charge in [-0.05, 0) is 43.9 Å². The lowest BCUT2D eigenvalue weighted by atomic mass is 10.0. The maximum Gasteiger partial charge on any atom is 0.0537 e. The molecule has 0 radical (unpaired) electrons. The second kappa shape index (κ2) is 8.57. The number of nitrogens with zero attached hydrogens (tertiary/aromatic N) is 3. The average molecular weight is 286 g/mol. The molecule has 0 bridgehead atoms. The zero-order chi connectivity index (χ0) is 14.9. The number of hydrogen-bond acceptors (Lipinski definition) is 3. The maximum absolute atomic E-state index is 4.45. The lowest BCUT2D eigenvalue weighted by Gasteiger charge is -2.17. The van der Waals surface area contributed by atoms with E-state index in [0.29, 0.717) is 6.04 Å². The number of aryl methyl sites for hydroxylation is 2. The lowest BCUT2D eigenvalue weighted by Crippen LogP contribution is -2.22. The SMILES string of the molecule is CCCNC(CCc1cccnc1)c1cnn(CCC)c1. The molecule has 0 saturated carbocycles. The smallest absolute Gasteiger partial charge is 0.0537 e. The molecule has 1 N–H and O–H groups in total. The predicted octanol–water partition coefficient (Wildman–Crippen LogP) is 3.36. The van der Waals surface area contributed by atoms with E-state index in [4.69, 9.17) is 0 Å². The summed E-state index contributed by atoms with van der Waals surface area (Å²) >= 11 is 0. The van der Waals surface area contributed by atoms with Crippen molar-refractivity contribution in [1.82, 2.24) is 20.1 Å². The molecule has 4 nitrogen and oxygen atoms in total. The van der Waals surface area contributed by atoms with Gasteiger partial charge in [-0.3, -0.25) is 9.67 Å². The summed E-state index contributed by atoms with van der Waals surface area (Å²) in [7, 11) is 0. The summed E-state index contributed by atoms with van der Waals surface area (Å²) < 4.78 is 2.04. The molecule has 0 aliphatic rings. The van der Waals surface area contributed by atoms with E-state index in [9.17, 15) is 0 Å². The van der Waals surface area contributed by atoms with Gasteiger partial charge < -0.3 is 5.32 Å². The first-order valence-electron chi connectivity index (χ1n) is 7.98. The molecule has 0 aliphatic heterocycles. The molecule has 2 rings (SSSR count). The molecule has 1 atom stereocenters. The van der Waals surface area contributed by atoms with Gasteiger partial charge in [0.05, 0.1) is 6.20 Å². The van der Waals surface area contributed by atoms with E-state index in [1.165, 1.54) is 11.1 Å². The van der Waals surface area contributed by atoms with E-state index in [0.717, 1.165) is 38.8 Å². The molecule has 4 heteroatoms. The van der Waals surface area contributed by atoms with E-state index in [1.807, 2.05) is 29.3 Å². The van der Waals surface area contributed by atoms with Gasteiger partial charge in [-0.25, -0.2) is 0 Å². The molecule has 0 amide bonds. The van der Waals surface area contributed by atoms with E-state index in [1.54, 1.807) is 0 Å². The summed E-state index contributed by atoms with van der Waals surface area (Å²) in [6.07, 6.45) is 12.3. The van der Waals surface area contributed by atoms with Crippen LogP contribution in [-0.4, -0.2) is 21.3 Å². The van der Waals surface area contributed by atoms with Crippen LogP contribution < -0.4 is 5.32 Å². The Hall–Kier alpha value is -1.68. The van der Waals surface area contributed by atoms with Crippen LogP contribution in [-0.2, 0) is 13.0 Å². The van der Waals surface area contributed by atoms with E-state index in [2.05, 4.69) is 41.5 Å². The monoisotopic (exact) mass is 286 g/mol. The zero-order valence-electron chi connectivity index (χ0n) is 13.1. The van der Waals surface area contributed by atoms with Crippen LogP contribution in [0.3, 0.4) is 0 Å². The fraction of sp³-hybridized carbons (Fsp3) is 0.529. The van der Waals surface area contributed by atoms with Gasteiger partial charge in [0.25, 0.3) is 0 Å². The Balaban J connectivity index is 1.99. The normalized spacial score (nSPS) is 12.5. The lowest BCUT2D eigenvalue weighted by molar-refractivity contribution is 0.498. The van der Waals surface area contributed by atoms with Crippen LogP contribution in [0.2, 0.25) is 0 Å². The minimum atomic E-state index is 0.371. The van der Waals surface area contributed by atoms with Gasteiger partial charge in [0.1, 0.15) is 0 Å². The van der Waals surface area contributed by atoms with Crippen LogP contribution in [0.25, 0.3) is 0 Å². The van der Waals surface area contributed by atoms with Crippen LogP contribution in [0, 0.1) is 0 Å². The maximum atomic E-state index is 4.45. The number of aromatic nitrogens is 3. The van der Waals surface area contributed by atoms with Crippen molar-refractivity contribution in [3.05, 3.63) is 48.0 Å². The highest BCUT2D eigenvalue weighted by molar-refractivity contribution is 5.13. The number of nitrogens with one attached hydrogen (secondary N) is 1. The van der Waals surface area contributed by atoms with Crippen LogP contribution in [0.4, 0.5) is 0 Å². The molecule has 0 aliphatic carbocycles.